The number of fused-ring (bicyclic) bond motifs is 3. The summed E-state index contributed by atoms with van der Waals surface area (Å²) >= 11 is 0. The maximum atomic E-state index is 6.55. The molecule has 0 saturated carbocycles. The monoisotopic (exact) mass is 504 g/mol. The van der Waals surface area contributed by atoms with Gasteiger partial charge in [-0.15, -0.1) is 0 Å². The van der Waals surface area contributed by atoms with Crippen molar-refractivity contribution in [3.63, 3.8) is 0 Å². The molecule has 0 heterocycles. The highest BCUT2D eigenvalue weighted by Gasteiger charge is 2.20. The first-order chi connectivity index (χ1) is 17.6. The second-order valence-electron chi connectivity index (χ2n) is 11.8. The van der Waals surface area contributed by atoms with Crippen molar-refractivity contribution >= 4 is 31.3 Å². The fraction of sp³-hybridized carbons (Fsp3) is 0.588. The lowest BCUT2D eigenvalue weighted by Crippen LogP contribution is -2.19. The van der Waals surface area contributed by atoms with Crippen LogP contribution in [0.5, 0.6) is 5.75 Å². The molecular formula is C34H52OSi. The van der Waals surface area contributed by atoms with Crippen LogP contribution in [0.2, 0.25) is 5.04 Å². The molecule has 3 aromatic rings. The Morgan fingerprint density at radius 1 is 0.556 bits per heavy atom. The van der Waals surface area contributed by atoms with Gasteiger partial charge in [-0.2, -0.15) is 0 Å². The summed E-state index contributed by atoms with van der Waals surface area (Å²) in [4.78, 5) is 0. The molecule has 2 heteroatoms. The molecule has 0 N–H and O–H groups in total. The van der Waals surface area contributed by atoms with Crippen LogP contribution in [-0.4, -0.2) is 9.76 Å². The van der Waals surface area contributed by atoms with E-state index in [0.717, 1.165) is 5.75 Å². The molecule has 0 unspecified atom stereocenters. The average molecular weight is 505 g/mol. The fourth-order valence-electron chi connectivity index (χ4n) is 5.46. The molecule has 0 saturated heterocycles. The highest BCUT2D eigenvalue weighted by Crippen LogP contribution is 2.35. The number of hydrogen-bond donors (Lipinski definition) is 0. The lowest BCUT2D eigenvalue weighted by molar-refractivity contribution is 0.475. The van der Waals surface area contributed by atoms with Gasteiger partial charge in [0, 0.05) is 5.39 Å². The summed E-state index contributed by atoms with van der Waals surface area (Å²) in [6.07, 6.45) is 22.7. The Morgan fingerprint density at radius 3 is 1.75 bits per heavy atom. The summed E-state index contributed by atoms with van der Waals surface area (Å²) in [6, 6.07) is 19.7. The first-order valence-electron chi connectivity index (χ1n) is 15.1. The second-order valence-corrected chi connectivity index (χ2v) is 14.3. The summed E-state index contributed by atoms with van der Waals surface area (Å²) in [5, 5.41) is 5.52. The van der Waals surface area contributed by atoms with Gasteiger partial charge >= 0.3 is 0 Å². The zero-order valence-corrected chi connectivity index (χ0v) is 25.0. The van der Waals surface area contributed by atoms with Gasteiger partial charge in [-0.1, -0.05) is 166 Å². The Labute approximate surface area is 224 Å². The Balaban J connectivity index is 1.26. The van der Waals surface area contributed by atoms with Crippen LogP contribution in [0.3, 0.4) is 0 Å². The third kappa shape index (κ3) is 9.92. The molecule has 36 heavy (non-hydrogen) atoms. The number of rotatable bonds is 19. The highest BCUT2D eigenvalue weighted by molar-refractivity contribution is 6.33. The van der Waals surface area contributed by atoms with Crippen molar-refractivity contribution in [1.82, 2.24) is 0 Å². The molecular weight excluding hydrogens is 452 g/mol. The van der Waals surface area contributed by atoms with Gasteiger partial charge in [0.05, 0.1) is 0 Å². The maximum absolute atomic E-state index is 6.55. The largest absolute Gasteiger partial charge is 0.548 e. The topological polar surface area (TPSA) is 9.23 Å². The Kier molecular flexibility index (Phi) is 12.9. The molecule has 0 spiro atoms. The summed E-state index contributed by atoms with van der Waals surface area (Å²) in [5.41, 5.74) is 0. The van der Waals surface area contributed by atoms with Crippen LogP contribution in [0.4, 0.5) is 0 Å². The van der Waals surface area contributed by atoms with Crippen LogP contribution in [0.25, 0.3) is 21.5 Å². The van der Waals surface area contributed by atoms with Gasteiger partial charge in [0.25, 0.3) is 0 Å². The van der Waals surface area contributed by atoms with E-state index in [2.05, 4.69) is 75.4 Å². The molecule has 0 bridgehead atoms. The maximum Gasteiger partial charge on any atom is 0.225 e. The van der Waals surface area contributed by atoms with E-state index in [1.807, 2.05) is 0 Å². The van der Waals surface area contributed by atoms with E-state index in [4.69, 9.17) is 4.43 Å². The predicted molar refractivity (Wildman–Crippen MR) is 164 cm³/mol. The van der Waals surface area contributed by atoms with Gasteiger partial charge in [-0.3, -0.25) is 0 Å². The number of hydrogen-bond acceptors (Lipinski definition) is 1. The third-order valence-electron chi connectivity index (χ3n) is 7.82. The minimum absolute atomic E-state index is 0.343. The second kappa shape index (κ2) is 16.1. The summed E-state index contributed by atoms with van der Waals surface area (Å²) < 4.78 is 6.55. The van der Waals surface area contributed by atoms with Gasteiger partial charge in [0.2, 0.25) is 9.76 Å². The lowest BCUT2D eigenvalue weighted by Gasteiger charge is -2.24. The molecule has 3 rings (SSSR count). The van der Waals surface area contributed by atoms with Crippen molar-refractivity contribution in [3.8, 4) is 5.75 Å². The molecule has 1 nitrogen and oxygen atoms in total. The Morgan fingerprint density at radius 2 is 1.11 bits per heavy atom. The van der Waals surface area contributed by atoms with Crippen molar-refractivity contribution in [1.29, 1.82) is 0 Å². The van der Waals surface area contributed by atoms with Crippen LogP contribution in [-0.2, 0) is 0 Å². The van der Waals surface area contributed by atoms with Gasteiger partial charge in [-0.05, 0) is 33.7 Å². The van der Waals surface area contributed by atoms with Crippen molar-refractivity contribution in [2.75, 3.05) is 0 Å². The molecule has 0 aliphatic carbocycles. The van der Waals surface area contributed by atoms with E-state index in [1.165, 1.54) is 124 Å². The van der Waals surface area contributed by atoms with Crippen molar-refractivity contribution in [2.45, 2.75) is 129 Å². The Hall–Kier alpha value is -1.80. The van der Waals surface area contributed by atoms with Gasteiger partial charge in [0.1, 0.15) is 5.75 Å². The standard InChI is InChI=1S/C34H52OSi/c1-4-5-6-7-8-9-10-11-12-13-14-15-16-17-20-28-34(2,3)36-35-33-25-21-24-31-30-23-19-18-22-29(30)26-27-32(31)33/h18-19,21-27H,4-17,20,28,36H2,1-3H3. The minimum atomic E-state index is -0.663. The van der Waals surface area contributed by atoms with E-state index in [0.29, 0.717) is 5.04 Å². The van der Waals surface area contributed by atoms with Crippen molar-refractivity contribution in [3.05, 3.63) is 54.6 Å². The number of benzene rings is 3. The molecule has 0 radical (unpaired) electrons. The SMILES string of the molecule is CCCCCCCCCCCCCCCCCC(C)(C)[SiH2]Oc1cccc2c1ccc1ccccc12. The van der Waals surface area contributed by atoms with Crippen LogP contribution >= 0.6 is 0 Å². The number of unbranched alkanes of at least 4 members (excludes halogenated alkanes) is 14. The summed E-state index contributed by atoms with van der Waals surface area (Å²) in [7, 11) is -0.663. The highest BCUT2D eigenvalue weighted by atomic mass is 28.2. The lowest BCUT2D eigenvalue weighted by atomic mass is 10.0. The van der Waals surface area contributed by atoms with Crippen LogP contribution in [0, 0.1) is 0 Å². The van der Waals surface area contributed by atoms with Gasteiger partial charge in [0.15, 0.2) is 0 Å². The molecule has 198 valence electrons. The Bertz CT molecular complexity index is 1010. The molecule has 0 aliphatic rings. The molecule has 0 amide bonds. The normalized spacial score (nSPS) is 12.3. The van der Waals surface area contributed by atoms with E-state index >= 15 is 0 Å². The summed E-state index contributed by atoms with van der Waals surface area (Å²) in [5.74, 6) is 1.08. The summed E-state index contributed by atoms with van der Waals surface area (Å²) in [6.45, 7) is 7.14. The van der Waals surface area contributed by atoms with Gasteiger partial charge < -0.3 is 4.43 Å². The zero-order valence-electron chi connectivity index (χ0n) is 23.6. The van der Waals surface area contributed by atoms with E-state index in [1.54, 1.807) is 0 Å². The zero-order chi connectivity index (χ0) is 25.5. The minimum Gasteiger partial charge on any atom is -0.548 e. The van der Waals surface area contributed by atoms with Crippen molar-refractivity contribution in [2.24, 2.45) is 0 Å². The third-order valence-corrected chi connectivity index (χ3v) is 9.41. The van der Waals surface area contributed by atoms with E-state index in [-0.39, 0.29) is 0 Å². The smallest absolute Gasteiger partial charge is 0.225 e. The van der Waals surface area contributed by atoms with Gasteiger partial charge in [-0.25, -0.2) is 0 Å². The molecule has 0 aromatic heterocycles. The predicted octanol–water partition coefficient (Wildman–Crippen LogP) is 10.9. The molecule has 0 fully saturated rings. The van der Waals surface area contributed by atoms with Crippen LogP contribution in [0.15, 0.2) is 54.6 Å². The first kappa shape index (κ1) is 28.8. The molecule has 3 aromatic carbocycles. The fourth-order valence-corrected chi connectivity index (χ4v) is 6.65. The quantitative estimate of drug-likeness (QED) is 0.0895. The average Bonchev–Trinajstić information content (AvgIpc) is 2.89. The van der Waals surface area contributed by atoms with Crippen LogP contribution < -0.4 is 4.43 Å². The molecule has 0 atom stereocenters. The van der Waals surface area contributed by atoms with E-state index in [9.17, 15) is 0 Å². The van der Waals surface area contributed by atoms with E-state index < -0.39 is 9.76 Å². The van der Waals surface area contributed by atoms with Crippen molar-refractivity contribution < 1.29 is 4.43 Å². The first-order valence-corrected chi connectivity index (χ1v) is 16.4. The van der Waals surface area contributed by atoms with Crippen LogP contribution in [0.1, 0.15) is 124 Å². The molecule has 0 aliphatic heterocycles.